The van der Waals surface area contributed by atoms with Crippen LogP contribution in [0.3, 0.4) is 0 Å². The van der Waals surface area contributed by atoms with Crippen molar-refractivity contribution in [3.8, 4) is 11.5 Å². The molecule has 0 amide bonds. The molecule has 30 heavy (non-hydrogen) atoms. The number of sulfonamides is 1. The largest absolute Gasteiger partial charge is 0.494 e. The summed E-state index contributed by atoms with van der Waals surface area (Å²) in [5, 5.41) is 6.44. The maximum atomic E-state index is 11.9. The molecule has 3 rings (SSSR count). The molecule has 1 atom stereocenters. The summed E-state index contributed by atoms with van der Waals surface area (Å²) in [6, 6.07) is 4.08. The summed E-state index contributed by atoms with van der Waals surface area (Å²) in [5.41, 5.74) is 2.14. The molecule has 0 aromatic heterocycles. The monoisotopic (exact) mass is 552 g/mol. The van der Waals surface area contributed by atoms with Crippen molar-refractivity contribution in [1.82, 2.24) is 14.9 Å². The van der Waals surface area contributed by atoms with Gasteiger partial charge in [0.1, 0.15) is 17.6 Å². The zero-order valence-corrected chi connectivity index (χ0v) is 21.1. The predicted octanol–water partition coefficient (Wildman–Crippen LogP) is 2.12. The highest BCUT2D eigenvalue weighted by molar-refractivity contribution is 14.0. The molecule has 0 saturated carbocycles. The van der Waals surface area contributed by atoms with Gasteiger partial charge >= 0.3 is 0 Å². The number of nitrogens with one attached hydrogen (secondary N) is 2. The van der Waals surface area contributed by atoms with E-state index < -0.39 is 10.0 Å². The second-order valence-corrected chi connectivity index (χ2v) is 9.41. The van der Waals surface area contributed by atoms with Crippen LogP contribution in [-0.4, -0.2) is 63.3 Å². The van der Waals surface area contributed by atoms with E-state index in [0.29, 0.717) is 45.2 Å². The van der Waals surface area contributed by atoms with Crippen molar-refractivity contribution in [2.45, 2.75) is 46.3 Å². The topological polar surface area (TPSA) is 92.3 Å². The molecular formula is C20H33IN4O4S. The summed E-state index contributed by atoms with van der Waals surface area (Å²) in [6.45, 7) is 9.34. The molecule has 1 fully saturated rings. The quantitative estimate of drug-likeness (QED) is 0.292. The minimum atomic E-state index is -3.07. The molecule has 0 spiro atoms. The summed E-state index contributed by atoms with van der Waals surface area (Å²) in [4.78, 5) is 4.66. The second-order valence-electron chi connectivity index (χ2n) is 7.32. The fourth-order valence-corrected chi connectivity index (χ4v) is 5.17. The standard InChI is InChI=1S/C20H32N4O4S.HI/c1-4-21-20(22-7-9-24-8-6-10-29(24,25)26)23-14-17-13-19-16(11-15(3)28-19)12-18(17)27-5-2;/h12-13,15H,4-11,14H2,1-3H3,(H2,21,22,23);1H. The maximum Gasteiger partial charge on any atom is 0.214 e. The average Bonchev–Trinajstić information content (AvgIpc) is 3.19. The molecule has 1 saturated heterocycles. The van der Waals surface area contributed by atoms with Crippen LogP contribution >= 0.6 is 24.0 Å². The van der Waals surface area contributed by atoms with Gasteiger partial charge in [0.2, 0.25) is 10.0 Å². The molecule has 1 unspecified atom stereocenters. The van der Waals surface area contributed by atoms with E-state index in [1.165, 1.54) is 9.87 Å². The van der Waals surface area contributed by atoms with E-state index in [1.54, 1.807) is 0 Å². The Labute approximate surface area is 196 Å². The average molecular weight is 552 g/mol. The normalized spacial score (nSPS) is 20.2. The van der Waals surface area contributed by atoms with Crippen LogP contribution in [0.5, 0.6) is 11.5 Å². The van der Waals surface area contributed by atoms with Gasteiger partial charge in [-0.15, -0.1) is 24.0 Å². The third-order valence-corrected chi connectivity index (χ3v) is 6.94. The van der Waals surface area contributed by atoms with Crippen molar-refractivity contribution in [2.24, 2.45) is 4.99 Å². The smallest absolute Gasteiger partial charge is 0.214 e. The third kappa shape index (κ3) is 6.36. The predicted molar refractivity (Wildman–Crippen MR) is 130 cm³/mol. The number of hydrogen-bond donors (Lipinski definition) is 2. The lowest BCUT2D eigenvalue weighted by Gasteiger charge is -2.17. The minimum Gasteiger partial charge on any atom is -0.494 e. The van der Waals surface area contributed by atoms with Crippen molar-refractivity contribution in [3.63, 3.8) is 0 Å². The summed E-state index contributed by atoms with van der Waals surface area (Å²) >= 11 is 0. The van der Waals surface area contributed by atoms with Gasteiger partial charge in [0.15, 0.2) is 5.96 Å². The lowest BCUT2D eigenvalue weighted by atomic mass is 10.1. The zero-order valence-electron chi connectivity index (χ0n) is 17.9. The second kappa shape index (κ2) is 11.4. The van der Waals surface area contributed by atoms with Gasteiger partial charge in [-0.05, 0) is 39.3 Å². The fourth-order valence-electron chi connectivity index (χ4n) is 3.64. The molecule has 2 heterocycles. The van der Waals surface area contributed by atoms with Crippen molar-refractivity contribution in [1.29, 1.82) is 0 Å². The minimum absolute atomic E-state index is 0. The number of hydrogen-bond acceptors (Lipinski definition) is 5. The molecule has 8 nitrogen and oxygen atoms in total. The van der Waals surface area contributed by atoms with Crippen LogP contribution in [0.4, 0.5) is 0 Å². The lowest BCUT2D eigenvalue weighted by Crippen LogP contribution is -2.42. The van der Waals surface area contributed by atoms with Crippen molar-refractivity contribution in [2.75, 3.05) is 38.5 Å². The number of aliphatic imine (C=N–C) groups is 1. The molecular weight excluding hydrogens is 519 g/mol. The first-order valence-electron chi connectivity index (χ1n) is 10.4. The van der Waals surface area contributed by atoms with Gasteiger partial charge in [0, 0.05) is 43.7 Å². The summed E-state index contributed by atoms with van der Waals surface area (Å²) in [6.07, 6.45) is 1.78. The highest BCUT2D eigenvalue weighted by atomic mass is 127. The lowest BCUT2D eigenvalue weighted by molar-refractivity contribution is 0.254. The van der Waals surface area contributed by atoms with E-state index in [2.05, 4.69) is 28.6 Å². The van der Waals surface area contributed by atoms with Crippen LogP contribution < -0.4 is 20.1 Å². The molecule has 0 bridgehead atoms. The van der Waals surface area contributed by atoms with Gasteiger partial charge in [-0.2, -0.15) is 0 Å². The Bertz CT molecular complexity index is 847. The Balaban J connectivity index is 0.00000320. The molecule has 2 N–H and O–H groups in total. The van der Waals surface area contributed by atoms with Crippen LogP contribution in [0, 0.1) is 0 Å². The number of halogens is 1. The first kappa shape index (κ1) is 25.0. The molecule has 170 valence electrons. The van der Waals surface area contributed by atoms with Crippen molar-refractivity contribution < 1.29 is 17.9 Å². The number of ether oxygens (including phenoxy) is 2. The molecule has 1 aromatic rings. The van der Waals surface area contributed by atoms with Gasteiger partial charge < -0.3 is 20.1 Å². The summed E-state index contributed by atoms with van der Waals surface area (Å²) in [5.74, 6) is 2.65. The van der Waals surface area contributed by atoms with Crippen molar-refractivity contribution in [3.05, 3.63) is 23.3 Å². The number of fused-ring (bicyclic) bond motifs is 1. The molecule has 0 radical (unpaired) electrons. The van der Waals surface area contributed by atoms with Crippen LogP contribution in [0.2, 0.25) is 0 Å². The van der Waals surface area contributed by atoms with Gasteiger partial charge in [-0.3, -0.25) is 0 Å². The van der Waals surface area contributed by atoms with Crippen molar-refractivity contribution >= 4 is 40.0 Å². The SMILES string of the molecule is CCNC(=NCc1cc2c(cc1OCC)CC(C)O2)NCCN1CCCS1(=O)=O.I. The fraction of sp³-hybridized carbons (Fsp3) is 0.650. The molecule has 1 aromatic carbocycles. The molecule has 2 aliphatic rings. The number of guanidine groups is 1. The number of benzene rings is 1. The Morgan fingerprint density at radius 3 is 2.80 bits per heavy atom. The van der Waals surface area contributed by atoms with Gasteiger partial charge in [0.05, 0.1) is 18.9 Å². The highest BCUT2D eigenvalue weighted by Crippen LogP contribution is 2.35. The number of rotatable bonds is 8. The van der Waals surface area contributed by atoms with E-state index in [9.17, 15) is 8.42 Å². The summed E-state index contributed by atoms with van der Waals surface area (Å²) < 4.78 is 37.1. The zero-order chi connectivity index (χ0) is 20.9. The number of nitrogens with zero attached hydrogens (tertiary/aromatic N) is 2. The van der Waals surface area contributed by atoms with Gasteiger partial charge in [-0.25, -0.2) is 17.7 Å². The van der Waals surface area contributed by atoms with Crippen LogP contribution in [0.25, 0.3) is 0 Å². The van der Waals surface area contributed by atoms with E-state index >= 15 is 0 Å². The Morgan fingerprint density at radius 1 is 1.33 bits per heavy atom. The summed E-state index contributed by atoms with van der Waals surface area (Å²) in [7, 11) is -3.07. The Morgan fingerprint density at radius 2 is 2.13 bits per heavy atom. The van der Waals surface area contributed by atoms with Crippen LogP contribution in [0.1, 0.15) is 38.3 Å². The first-order chi connectivity index (χ1) is 13.9. The van der Waals surface area contributed by atoms with Crippen LogP contribution in [-0.2, 0) is 23.0 Å². The first-order valence-corrected chi connectivity index (χ1v) is 12.0. The van der Waals surface area contributed by atoms with Gasteiger partial charge in [-0.1, -0.05) is 0 Å². The maximum absolute atomic E-state index is 11.9. The van der Waals surface area contributed by atoms with Gasteiger partial charge in [0.25, 0.3) is 0 Å². The van der Waals surface area contributed by atoms with E-state index in [4.69, 9.17) is 9.47 Å². The Kier molecular flexibility index (Phi) is 9.48. The highest BCUT2D eigenvalue weighted by Gasteiger charge is 2.27. The Hall–Kier alpha value is -1.27. The van der Waals surface area contributed by atoms with E-state index in [1.807, 2.05) is 19.9 Å². The third-order valence-electron chi connectivity index (χ3n) is 4.99. The van der Waals surface area contributed by atoms with E-state index in [-0.39, 0.29) is 35.8 Å². The molecule has 0 aliphatic carbocycles. The molecule has 10 heteroatoms. The van der Waals surface area contributed by atoms with E-state index in [0.717, 1.165) is 30.0 Å². The van der Waals surface area contributed by atoms with Crippen LogP contribution in [0.15, 0.2) is 17.1 Å². The molecule has 2 aliphatic heterocycles.